The molecule has 0 saturated heterocycles. The number of aromatic nitrogens is 2. The van der Waals surface area contributed by atoms with Crippen molar-refractivity contribution in [3.05, 3.63) is 70.3 Å². The van der Waals surface area contributed by atoms with Gasteiger partial charge >= 0.3 is 0 Å². The van der Waals surface area contributed by atoms with Crippen molar-refractivity contribution in [1.29, 1.82) is 0 Å². The lowest BCUT2D eigenvalue weighted by Gasteiger charge is -2.16. The van der Waals surface area contributed by atoms with E-state index in [1.54, 1.807) is 22.4 Å². The van der Waals surface area contributed by atoms with Gasteiger partial charge in [-0.05, 0) is 24.6 Å². The molecule has 0 aliphatic heterocycles. The van der Waals surface area contributed by atoms with Gasteiger partial charge in [-0.1, -0.05) is 30.3 Å². The number of carbonyl (C=O) groups excluding carboxylic acids is 1. The highest BCUT2D eigenvalue weighted by molar-refractivity contribution is 7.09. The Hall–Kier alpha value is -2.53. The zero-order chi connectivity index (χ0) is 16.9. The Morgan fingerprint density at radius 3 is 2.58 bits per heavy atom. The molecular formula is C19H19N3OS. The number of pyridine rings is 1. The van der Waals surface area contributed by atoms with Gasteiger partial charge in [0.15, 0.2) is 0 Å². The summed E-state index contributed by atoms with van der Waals surface area (Å²) in [5.41, 5.74) is 3.96. The summed E-state index contributed by atoms with van der Waals surface area (Å²) in [6.07, 6.45) is 2.13. The van der Waals surface area contributed by atoms with Crippen LogP contribution in [0.5, 0.6) is 0 Å². The highest BCUT2D eigenvalue weighted by Gasteiger charge is 2.11. The first-order valence-corrected chi connectivity index (χ1v) is 8.65. The largest absolute Gasteiger partial charge is 0.340 e. The normalized spacial score (nSPS) is 10.6. The molecule has 1 aromatic carbocycles. The third-order valence-corrected chi connectivity index (χ3v) is 4.55. The highest BCUT2D eigenvalue weighted by atomic mass is 32.1. The lowest BCUT2D eigenvalue weighted by Crippen LogP contribution is -2.28. The van der Waals surface area contributed by atoms with E-state index in [0.717, 1.165) is 27.5 Å². The Morgan fingerprint density at radius 1 is 1.17 bits per heavy atom. The number of benzene rings is 1. The van der Waals surface area contributed by atoms with E-state index in [9.17, 15) is 4.79 Å². The van der Waals surface area contributed by atoms with E-state index in [2.05, 4.69) is 15.3 Å². The molecular weight excluding hydrogens is 318 g/mol. The fourth-order valence-electron chi connectivity index (χ4n) is 2.42. The van der Waals surface area contributed by atoms with Gasteiger partial charge < -0.3 is 4.90 Å². The molecule has 0 N–H and O–H groups in total. The minimum Gasteiger partial charge on any atom is -0.340 e. The monoisotopic (exact) mass is 337 g/mol. The maximum atomic E-state index is 12.4. The lowest BCUT2D eigenvalue weighted by atomic mass is 10.1. The summed E-state index contributed by atoms with van der Waals surface area (Å²) in [4.78, 5) is 22.8. The van der Waals surface area contributed by atoms with E-state index in [1.807, 2.05) is 56.4 Å². The van der Waals surface area contributed by atoms with E-state index in [1.165, 1.54) is 0 Å². The van der Waals surface area contributed by atoms with Gasteiger partial charge in [0.1, 0.15) is 0 Å². The number of likely N-dealkylation sites (N-methyl/N-ethyl adjacent to an activating group) is 1. The van der Waals surface area contributed by atoms with Crippen LogP contribution in [0.3, 0.4) is 0 Å². The van der Waals surface area contributed by atoms with E-state index >= 15 is 0 Å². The summed E-state index contributed by atoms with van der Waals surface area (Å²) in [5.74, 6) is 0.0814. The molecule has 0 bridgehead atoms. The molecule has 3 aromatic rings. The maximum absolute atomic E-state index is 12.4. The minimum absolute atomic E-state index is 0.0814. The van der Waals surface area contributed by atoms with Gasteiger partial charge in [-0.2, -0.15) is 0 Å². The van der Waals surface area contributed by atoms with Gasteiger partial charge in [-0.15, -0.1) is 11.3 Å². The Bertz CT molecular complexity index is 812. The summed E-state index contributed by atoms with van der Waals surface area (Å²) in [6, 6.07) is 13.8. The van der Waals surface area contributed by atoms with Gasteiger partial charge in [0.05, 0.1) is 29.4 Å². The number of hydrogen-bond acceptors (Lipinski definition) is 4. The van der Waals surface area contributed by atoms with Gasteiger partial charge in [0.2, 0.25) is 5.91 Å². The third-order valence-electron chi connectivity index (χ3n) is 3.78. The van der Waals surface area contributed by atoms with Crippen molar-refractivity contribution in [2.24, 2.45) is 0 Å². The zero-order valence-corrected chi connectivity index (χ0v) is 14.6. The molecule has 1 amide bonds. The Kier molecular flexibility index (Phi) is 5.01. The van der Waals surface area contributed by atoms with Crippen LogP contribution in [-0.2, 0) is 17.8 Å². The molecule has 2 heterocycles. The molecule has 4 nitrogen and oxygen atoms in total. The van der Waals surface area contributed by atoms with E-state index < -0.39 is 0 Å². The Balaban J connectivity index is 1.62. The second-order valence-corrected chi connectivity index (χ2v) is 6.76. The van der Waals surface area contributed by atoms with Crippen LogP contribution in [-0.4, -0.2) is 27.8 Å². The summed E-state index contributed by atoms with van der Waals surface area (Å²) >= 11 is 1.64. The van der Waals surface area contributed by atoms with Crippen LogP contribution < -0.4 is 0 Å². The molecule has 2 aromatic heterocycles. The second-order valence-electron chi connectivity index (χ2n) is 5.70. The first-order valence-electron chi connectivity index (χ1n) is 7.77. The second kappa shape index (κ2) is 7.36. The van der Waals surface area contributed by atoms with Crippen LogP contribution in [0.15, 0.2) is 54.0 Å². The summed E-state index contributed by atoms with van der Waals surface area (Å²) < 4.78 is 0. The average molecular weight is 337 g/mol. The first kappa shape index (κ1) is 16.3. The van der Waals surface area contributed by atoms with Crippen molar-refractivity contribution in [1.82, 2.24) is 14.9 Å². The number of nitrogens with zero attached hydrogens (tertiary/aromatic N) is 3. The van der Waals surface area contributed by atoms with Gasteiger partial charge in [-0.25, -0.2) is 4.98 Å². The molecule has 0 fully saturated rings. The predicted molar refractivity (Wildman–Crippen MR) is 96.7 cm³/mol. The molecule has 0 atom stereocenters. The number of rotatable bonds is 5. The fraction of sp³-hybridized carbons (Fsp3) is 0.211. The number of aryl methyl sites for hydroxylation is 1. The molecule has 3 rings (SSSR count). The van der Waals surface area contributed by atoms with Gasteiger partial charge in [0, 0.05) is 24.2 Å². The van der Waals surface area contributed by atoms with Crippen LogP contribution in [0.4, 0.5) is 0 Å². The van der Waals surface area contributed by atoms with E-state index in [4.69, 9.17) is 0 Å². The standard InChI is InChI=1S/C19H19N3OS/c1-14-21-18(13-24-14)16-8-6-15(7-9-16)11-19(23)22(2)12-17-5-3-4-10-20-17/h3-10,13H,11-12H2,1-2H3. The van der Waals surface area contributed by atoms with Crippen molar-refractivity contribution in [2.45, 2.75) is 19.9 Å². The fourth-order valence-corrected chi connectivity index (χ4v) is 3.04. The van der Waals surface area contributed by atoms with Crippen LogP contribution >= 0.6 is 11.3 Å². The van der Waals surface area contributed by atoms with Crippen molar-refractivity contribution >= 4 is 17.2 Å². The average Bonchev–Trinajstić information content (AvgIpc) is 3.03. The van der Waals surface area contributed by atoms with Crippen LogP contribution in [0.25, 0.3) is 11.3 Å². The number of amides is 1. The number of hydrogen-bond donors (Lipinski definition) is 0. The van der Waals surface area contributed by atoms with Crippen molar-refractivity contribution < 1.29 is 4.79 Å². The summed E-state index contributed by atoms with van der Waals surface area (Å²) in [7, 11) is 1.81. The zero-order valence-electron chi connectivity index (χ0n) is 13.8. The van der Waals surface area contributed by atoms with Crippen molar-refractivity contribution in [3.63, 3.8) is 0 Å². The maximum Gasteiger partial charge on any atom is 0.227 e. The summed E-state index contributed by atoms with van der Waals surface area (Å²) in [6.45, 7) is 2.52. The molecule has 5 heteroatoms. The Labute approximate surface area is 145 Å². The third kappa shape index (κ3) is 4.06. The Morgan fingerprint density at radius 2 is 1.96 bits per heavy atom. The first-order chi connectivity index (χ1) is 11.6. The molecule has 0 radical (unpaired) electrons. The number of thiazole rings is 1. The van der Waals surface area contributed by atoms with E-state index in [-0.39, 0.29) is 5.91 Å². The molecule has 0 aliphatic rings. The minimum atomic E-state index is 0.0814. The topological polar surface area (TPSA) is 46.1 Å². The molecule has 0 spiro atoms. The van der Waals surface area contributed by atoms with Crippen LogP contribution in [0, 0.1) is 6.92 Å². The van der Waals surface area contributed by atoms with Crippen LogP contribution in [0.1, 0.15) is 16.3 Å². The quantitative estimate of drug-likeness (QED) is 0.713. The SMILES string of the molecule is Cc1nc(-c2ccc(CC(=O)N(C)Cc3ccccn3)cc2)cs1. The summed E-state index contributed by atoms with van der Waals surface area (Å²) in [5, 5.41) is 3.11. The molecule has 0 saturated carbocycles. The molecule has 24 heavy (non-hydrogen) atoms. The van der Waals surface area contributed by atoms with Gasteiger partial charge in [-0.3, -0.25) is 9.78 Å². The predicted octanol–water partition coefficient (Wildman–Crippen LogP) is 3.71. The lowest BCUT2D eigenvalue weighted by molar-refractivity contribution is -0.129. The molecule has 0 aliphatic carbocycles. The van der Waals surface area contributed by atoms with Crippen molar-refractivity contribution in [3.8, 4) is 11.3 Å². The van der Waals surface area contributed by atoms with Gasteiger partial charge in [0.25, 0.3) is 0 Å². The highest BCUT2D eigenvalue weighted by Crippen LogP contribution is 2.22. The molecule has 0 unspecified atom stereocenters. The molecule has 122 valence electrons. The van der Waals surface area contributed by atoms with E-state index in [0.29, 0.717) is 13.0 Å². The van der Waals surface area contributed by atoms with Crippen LogP contribution in [0.2, 0.25) is 0 Å². The van der Waals surface area contributed by atoms with Crippen molar-refractivity contribution in [2.75, 3.05) is 7.05 Å². The smallest absolute Gasteiger partial charge is 0.227 e. The number of carbonyl (C=O) groups is 1.